The summed E-state index contributed by atoms with van der Waals surface area (Å²) in [6.07, 6.45) is -0.152. The number of nitrogens with one attached hydrogen (secondary N) is 1. The van der Waals surface area contributed by atoms with Crippen molar-refractivity contribution in [3.05, 3.63) is 27.2 Å². The van der Waals surface area contributed by atoms with Gasteiger partial charge in [0.05, 0.1) is 12.1 Å². The van der Waals surface area contributed by atoms with Crippen molar-refractivity contribution < 1.29 is 14.7 Å². The van der Waals surface area contributed by atoms with E-state index in [9.17, 15) is 14.4 Å². The molecule has 0 spiro atoms. The molecule has 0 saturated carbocycles. The van der Waals surface area contributed by atoms with Crippen LogP contribution in [0.25, 0.3) is 0 Å². The van der Waals surface area contributed by atoms with Crippen LogP contribution in [0.3, 0.4) is 0 Å². The summed E-state index contributed by atoms with van der Waals surface area (Å²) in [5.74, 6) is -1.45. The zero-order valence-corrected chi connectivity index (χ0v) is 11.2. The number of aryl methyl sites for hydroxylation is 1. The standard InChI is InChI=1S/C12H17N3O4/c1-4-15(6-5-9(16)17)12(19)10-7(2)8(3)13-14-11(10)18/h4-6H2,1-3H3,(H,14,18)(H,16,17). The minimum absolute atomic E-state index is 0.0275. The third-order valence-electron chi connectivity index (χ3n) is 2.95. The lowest BCUT2D eigenvalue weighted by atomic mass is 10.1. The number of nitrogens with zero attached hydrogens (tertiary/aromatic N) is 2. The van der Waals surface area contributed by atoms with Crippen LogP contribution < -0.4 is 5.56 Å². The molecule has 0 aliphatic carbocycles. The van der Waals surface area contributed by atoms with Crippen LogP contribution in [-0.4, -0.2) is 45.2 Å². The van der Waals surface area contributed by atoms with Gasteiger partial charge in [-0.3, -0.25) is 14.4 Å². The van der Waals surface area contributed by atoms with Gasteiger partial charge in [0.25, 0.3) is 11.5 Å². The van der Waals surface area contributed by atoms with Crippen LogP contribution in [0.5, 0.6) is 0 Å². The number of aromatic nitrogens is 2. The molecule has 0 aromatic carbocycles. The number of hydrogen-bond acceptors (Lipinski definition) is 4. The average molecular weight is 267 g/mol. The second-order valence-corrected chi connectivity index (χ2v) is 4.17. The van der Waals surface area contributed by atoms with Gasteiger partial charge in [-0.1, -0.05) is 0 Å². The van der Waals surface area contributed by atoms with Crippen molar-refractivity contribution in [1.82, 2.24) is 15.1 Å². The minimum Gasteiger partial charge on any atom is -0.481 e. The van der Waals surface area contributed by atoms with Gasteiger partial charge >= 0.3 is 5.97 Å². The lowest BCUT2D eigenvalue weighted by Crippen LogP contribution is -2.37. The smallest absolute Gasteiger partial charge is 0.305 e. The van der Waals surface area contributed by atoms with E-state index in [1.165, 1.54) is 4.90 Å². The quantitative estimate of drug-likeness (QED) is 0.799. The molecule has 104 valence electrons. The summed E-state index contributed by atoms with van der Waals surface area (Å²) >= 11 is 0. The fraction of sp³-hybridized carbons (Fsp3) is 0.500. The molecule has 1 rings (SSSR count). The van der Waals surface area contributed by atoms with Crippen LogP contribution >= 0.6 is 0 Å². The van der Waals surface area contributed by atoms with Crippen LogP contribution in [0.15, 0.2) is 4.79 Å². The number of rotatable bonds is 5. The van der Waals surface area contributed by atoms with E-state index in [0.717, 1.165) is 0 Å². The molecular formula is C12H17N3O4. The number of carbonyl (C=O) groups excluding carboxylic acids is 1. The summed E-state index contributed by atoms with van der Waals surface area (Å²) in [5.41, 5.74) is 0.557. The van der Waals surface area contributed by atoms with E-state index in [4.69, 9.17) is 5.11 Å². The van der Waals surface area contributed by atoms with E-state index >= 15 is 0 Å². The molecule has 19 heavy (non-hydrogen) atoms. The van der Waals surface area contributed by atoms with E-state index in [1.807, 2.05) is 0 Å². The Morgan fingerprint density at radius 1 is 1.37 bits per heavy atom. The van der Waals surface area contributed by atoms with E-state index < -0.39 is 17.4 Å². The molecule has 0 saturated heterocycles. The summed E-state index contributed by atoms with van der Waals surface area (Å²) in [7, 11) is 0. The van der Waals surface area contributed by atoms with E-state index in [2.05, 4.69) is 10.2 Å². The Kier molecular flexibility index (Phi) is 4.80. The maximum atomic E-state index is 12.3. The molecule has 0 atom stereocenters. The fourth-order valence-corrected chi connectivity index (χ4v) is 1.68. The van der Waals surface area contributed by atoms with E-state index in [-0.39, 0.29) is 18.5 Å². The number of amides is 1. The molecule has 7 nitrogen and oxygen atoms in total. The highest BCUT2D eigenvalue weighted by Gasteiger charge is 2.21. The summed E-state index contributed by atoms with van der Waals surface area (Å²) in [5, 5.41) is 14.7. The molecule has 0 fully saturated rings. The Bertz CT molecular complexity index is 550. The Morgan fingerprint density at radius 3 is 2.53 bits per heavy atom. The van der Waals surface area contributed by atoms with Gasteiger partial charge in [-0.25, -0.2) is 5.10 Å². The van der Waals surface area contributed by atoms with Gasteiger partial charge in [0.1, 0.15) is 5.56 Å². The molecule has 1 heterocycles. The van der Waals surface area contributed by atoms with Crippen LogP contribution in [-0.2, 0) is 4.79 Å². The van der Waals surface area contributed by atoms with Crippen molar-refractivity contribution >= 4 is 11.9 Å². The zero-order valence-electron chi connectivity index (χ0n) is 11.2. The first-order valence-electron chi connectivity index (χ1n) is 5.95. The molecule has 0 bridgehead atoms. The van der Waals surface area contributed by atoms with Gasteiger partial charge in [0.15, 0.2) is 0 Å². The summed E-state index contributed by atoms with van der Waals surface area (Å²) in [6, 6.07) is 0. The van der Waals surface area contributed by atoms with Crippen LogP contribution in [0.2, 0.25) is 0 Å². The maximum absolute atomic E-state index is 12.3. The third-order valence-corrected chi connectivity index (χ3v) is 2.95. The number of H-pyrrole nitrogens is 1. The van der Waals surface area contributed by atoms with E-state index in [1.54, 1.807) is 20.8 Å². The topological polar surface area (TPSA) is 103 Å². The molecule has 1 aromatic heterocycles. The molecule has 2 N–H and O–H groups in total. The first-order chi connectivity index (χ1) is 8.88. The Labute approximate surface area is 110 Å². The first kappa shape index (κ1) is 14.9. The molecule has 1 amide bonds. The monoisotopic (exact) mass is 267 g/mol. The van der Waals surface area contributed by atoms with Crippen molar-refractivity contribution in [2.24, 2.45) is 0 Å². The van der Waals surface area contributed by atoms with Crippen molar-refractivity contribution in [2.75, 3.05) is 13.1 Å². The van der Waals surface area contributed by atoms with Crippen LogP contribution in [0.4, 0.5) is 0 Å². The molecule has 7 heteroatoms. The Morgan fingerprint density at radius 2 is 2.00 bits per heavy atom. The normalized spacial score (nSPS) is 10.3. The first-order valence-corrected chi connectivity index (χ1v) is 5.95. The number of carboxylic acid groups (broad SMARTS) is 1. The number of aromatic amines is 1. The second kappa shape index (κ2) is 6.12. The van der Waals surface area contributed by atoms with Gasteiger partial charge in [0, 0.05) is 13.1 Å². The predicted molar refractivity (Wildman–Crippen MR) is 68.2 cm³/mol. The fourth-order valence-electron chi connectivity index (χ4n) is 1.68. The third kappa shape index (κ3) is 3.40. The van der Waals surface area contributed by atoms with Crippen molar-refractivity contribution in [1.29, 1.82) is 0 Å². The highest BCUT2D eigenvalue weighted by Crippen LogP contribution is 2.09. The number of aliphatic carboxylic acids is 1. The highest BCUT2D eigenvalue weighted by molar-refractivity contribution is 5.95. The Balaban J connectivity index is 3.07. The van der Waals surface area contributed by atoms with Gasteiger partial charge in [-0.2, -0.15) is 5.10 Å². The number of carbonyl (C=O) groups is 2. The van der Waals surface area contributed by atoms with Crippen LogP contribution in [0, 0.1) is 13.8 Å². The van der Waals surface area contributed by atoms with Gasteiger partial charge in [-0.05, 0) is 26.3 Å². The van der Waals surface area contributed by atoms with Crippen molar-refractivity contribution in [2.45, 2.75) is 27.2 Å². The molecule has 0 radical (unpaired) electrons. The van der Waals surface area contributed by atoms with Gasteiger partial charge in [0.2, 0.25) is 0 Å². The molecule has 0 aliphatic rings. The van der Waals surface area contributed by atoms with Gasteiger partial charge in [-0.15, -0.1) is 0 Å². The van der Waals surface area contributed by atoms with Gasteiger partial charge < -0.3 is 10.0 Å². The van der Waals surface area contributed by atoms with Crippen LogP contribution in [0.1, 0.15) is 35.0 Å². The highest BCUT2D eigenvalue weighted by atomic mass is 16.4. The van der Waals surface area contributed by atoms with E-state index in [0.29, 0.717) is 17.8 Å². The summed E-state index contributed by atoms with van der Waals surface area (Å²) in [6.45, 7) is 5.49. The molecular weight excluding hydrogens is 250 g/mol. The summed E-state index contributed by atoms with van der Waals surface area (Å²) < 4.78 is 0. The summed E-state index contributed by atoms with van der Waals surface area (Å²) in [4.78, 5) is 35.9. The second-order valence-electron chi connectivity index (χ2n) is 4.17. The van der Waals surface area contributed by atoms with Crippen molar-refractivity contribution in [3.63, 3.8) is 0 Å². The Hall–Kier alpha value is -2.18. The molecule has 0 unspecified atom stereocenters. The average Bonchev–Trinajstić information content (AvgIpc) is 2.35. The van der Waals surface area contributed by atoms with Crippen molar-refractivity contribution in [3.8, 4) is 0 Å². The SMILES string of the molecule is CCN(CCC(=O)O)C(=O)c1c(C)c(C)n[nH]c1=O. The zero-order chi connectivity index (χ0) is 14.6. The number of carboxylic acids is 1. The predicted octanol–water partition coefficient (Wildman–Crippen LogP) is 0.324. The molecule has 0 aliphatic heterocycles. The largest absolute Gasteiger partial charge is 0.481 e. The number of hydrogen-bond donors (Lipinski definition) is 2. The minimum atomic E-state index is -0.984. The molecule has 1 aromatic rings. The maximum Gasteiger partial charge on any atom is 0.305 e. The lowest BCUT2D eigenvalue weighted by molar-refractivity contribution is -0.137. The lowest BCUT2D eigenvalue weighted by Gasteiger charge is -2.20.